The maximum absolute atomic E-state index is 8.26. The lowest BCUT2D eigenvalue weighted by molar-refractivity contribution is 0.0222. The Morgan fingerprint density at radius 1 is 0.706 bits per heavy atom. The molecular weight excluding hydrogens is 224 g/mol. The summed E-state index contributed by atoms with van der Waals surface area (Å²) in [6.45, 7) is 7.72. The third kappa shape index (κ3) is 25.8. The van der Waals surface area contributed by atoms with Gasteiger partial charge in [-0.05, 0) is 13.3 Å². The first kappa shape index (κ1) is 19.1. The molecule has 0 saturated carbocycles. The van der Waals surface area contributed by atoms with Crippen LogP contribution in [0.1, 0.15) is 26.7 Å². The molecule has 0 aromatic carbocycles. The fourth-order valence-corrected chi connectivity index (χ4v) is 0.842. The molecule has 0 heterocycles. The van der Waals surface area contributed by atoms with Crippen LogP contribution in [0.5, 0.6) is 0 Å². The number of aliphatic hydroxyl groups is 2. The molecule has 17 heavy (non-hydrogen) atoms. The minimum Gasteiger partial charge on any atom is -0.394 e. The van der Waals surface area contributed by atoms with Gasteiger partial charge in [0.05, 0.1) is 39.6 Å². The molecule has 5 nitrogen and oxygen atoms in total. The van der Waals surface area contributed by atoms with E-state index in [9.17, 15) is 0 Å². The lowest BCUT2D eigenvalue weighted by atomic mass is 10.4. The zero-order chi connectivity index (χ0) is 13.2. The van der Waals surface area contributed by atoms with E-state index in [1.165, 1.54) is 12.8 Å². The van der Waals surface area contributed by atoms with E-state index < -0.39 is 0 Å². The van der Waals surface area contributed by atoms with E-state index >= 15 is 0 Å². The van der Waals surface area contributed by atoms with Crippen LogP contribution in [0.4, 0.5) is 0 Å². The SMILES string of the molecule is CCCCOCC.OCCOCCOCCO. The Morgan fingerprint density at radius 3 is 1.59 bits per heavy atom. The molecule has 0 amide bonds. The maximum Gasteiger partial charge on any atom is 0.0701 e. The first-order valence-corrected chi connectivity index (χ1v) is 6.28. The van der Waals surface area contributed by atoms with E-state index in [-0.39, 0.29) is 13.2 Å². The number of ether oxygens (including phenoxy) is 3. The quantitative estimate of drug-likeness (QED) is 0.533. The van der Waals surface area contributed by atoms with Gasteiger partial charge in [-0.3, -0.25) is 0 Å². The van der Waals surface area contributed by atoms with Crippen molar-refractivity contribution in [1.82, 2.24) is 0 Å². The molecule has 0 bridgehead atoms. The molecule has 0 aliphatic rings. The average molecular weight is 252 g/mol. The molecule has 0 aliphatic heterocycles. The zero-order valence-corrected chi connectivity index (χ0v) is 11.2. The van der Waals surface area contributed by atoms with Crippen molar-refractivity contribution in [2.24, 2.45) is 0 Å². The summed E-state index contributed by atoms with van der Waals surface area (Å²) in [5.74, 6) is 0. The highest BCUT2D eigenvalue weighted by molar-refractivity contribution is 4.30. The number of rotatable bonds is 11. The first-order valence-electron chi connectivity index (χ1n) is 6.28. The summed E-state index contributed by atoms with van der Waals surface area (Å²) in [6.07, 6.45) is 2.44. The summed E-state index contributed by atoms with van der Waals surface area (Å²) in [5, 5.41) is 16.5. The standard InChI is InChI=1S/C6H14O4.C6H14O/c7-1-3-9-5-6-10-4-2-8;1-3-5-6-7-4-2/h7-8H,1-6H2;3-6H2,1-2H3. The molecule has 0 rings (SSSR count). The molecule has 0 aromatic heterocycles. The molecule has 5 heteroatoms. The molecule has 0 spiro atoms. The van der Waals surface area contributed by atoms with E-state index in [1.54, 1.807) is 0 Å². The topological polar surface area (TPSA) is 68.2 Å². The molecule has 0 aliphatic carbocycles. The van der Waals surface area contributed by atoms with Crippen LogP contribution >= 0.6 is 0 Å². The van der Waals surface area contributed by atoms with Crippen molar-refractivity contribution < 1.29 is 24.4 Å². The summed E-state index contributed by atoms with van der Waals surface area (Å²) in [4.78, 5) is 0. The molecule has 0 fully saturated rings. The van der Waals surface area contributed by atoms with Gasteiger partial charge in [0.15, 0.2) is 0 Å². The normalized spacial score (nSPS) is 9.88. The minimum atomic E-state index is 0.0417. The zero-order valence-electron chi connectivity index (χ0n) is 11.2. The van der Waals surface area contributed by atoms with Gasteiger partial charge in [0.25, 0.3) is 0 Å². The number of unbranched alkanes of at least 4 members (excludes halogenated alkanes) is 1. The summed E-state index contributed by atoms with van der Waals surface area (Å²) >= 11 is 0. The second-order valence-electron chi connectivity index (χ2n) is 3.22. The highest BCUT2D eigenvalue weighted by atomic mass is 16.5. The number of aliphatic hydroxyl groups excluding tert-OH is 2. The van der Waals surface area contributed by atoms with Gasteiger partial charge in [0.2, 0.25) is 0 Å². The monoisotopic (exact) mass is 252 g/mol. The Morgan fingerprint density at radius 2 is 1.24 bits per heavy atom. The van der Waals surface area contributed by atoms with Gasteiger partial charge < -0.3 is 24.4 Å². The number of hydrogen-bond donors (Lipinski definition) is 2. The van der Waals surface area contributed by atoms with Crippen LogP contribution in [-0.4, -0.2) is 63.1 Å². The summed E-state index contributed by atoms with van der Waals surface area (Å²) in [7, 11) is 0. The predicted octanol–water partition coefficient (Wildman–Crippen LogP) is 0.827. The highest BCUT2D eigenvalue weighted by Crippen LogP contribution is 1.85. The van der Waals surface area contributed by atoms with Crippen LogP contribution in [0.25, 0.3) is 0 Å². The lowest BCUT2D eigenvalue weighted by Crippen LogP contribution is -2.09. The van der Waals surface area contributed by atoms with Gasteiger partial charge in [-0.1, -0.05) is 13.3 Å². The van der Waals surface area contributed by atoms with Crippen LogP contribution < -0.4 is 0 Å². The van der Waals surface area contributed by atoms with Crippen molar-refractivity contribution in [3.63, 3.8) is 0 Å². The van der Waals surface area contributed by atoms with Crippen molar-refractivity contribution in [1.29, 1.82) is 0 Å². The van der Waals surface area contributed by atoms with E-state index in [4.69, 9.17) is 24.4 Å². The summed E-state index contributed by atoms with van der Waals surface area (Å²) in [6, 6.07) is 0. The molecule has 0 saturated heterocycles. The molecule has 0 unspecified atom stereocenters. The van der Waals surface area contributed by atoms with Gasteiger partial charge in [-0.2, -0.15) is 0 Å². The van der Waals surface area contributed by atoms with Crippen molar-refractivity contribution in [3.8, 4) is 0 Å². The van der Waals surface area contributed by atoms with Crippen LogP contribution in [0, 0.1) is 0 Å². The molecule has 0 radical (unpaired) electrons. The Labute approximate surface area is 105 Å². The van der Waals surface area contributed by atoms with Gasteiger partial charge in [-0.15, -0.1) is 0 Å². The summed E-state index contributed by atoms with van der Waals surface area (Å²) < 4.78 is 14.8. The fourth-order valence-electron chi connectivity index (χ4n) is 0.842. The third-order valence-electron chi connectivity index (χ3n) is 1.69. The predicted molar refractivity (Wildman–Crippen MR) is 67.2 cm³/mol. The fraction of sp³-hybridized carbons (Fsp3) is 1.00. The smallest absolute Gasteiger partial charge is 0.0701 e. The molecular formula is C12H28O5. The Hall–Kier alpha value is -0.200. The van der Waals surface area contributed by atoms with E-state index in [0.29, 0.717) is 26.4 Å². The van der Waals surface area contributed by atoms with Crippen molar-refractivity contribution >= 4 is 0 Å². The Balaban J connectivity index is 0. The Bertz CT molecular complexity index is 99.1. The highest BCUT2D eigenvalue weighted by Gasteiger charge is 1.86. The van der Waals surface area contributed by atoms with Crippen LogP contribution in [0.3, 0.4) is 0 Å². The lowest BCUT2D eigenvalue weighted by Gasteiger charge is -2.01. The van der Waals surface area contributed by atoms with Crippen LogP contribution in [-0.2, 0) is 14.2 Å². The second-order valence-corrected chi connectivity index (χ2v) is 3.22. The van der Waals surface area contributed by atoms with Gasteiger partial charge >= 0.3 is 0 Å². The van der Waals surface area contributed by atoms with Gasteiger partial charge in [0, 0.05) is 13.2 Å². The van der Waals surface area contributed by atoms with Crippen LogP contribution in [0.2, 0.25) is 0 Å². The van der Waals surface area contributed by atoms with Crippen molar-refractivity contribution in [3.05, 3.63) is 0 Å². The minimum absolute atomic E-state index is 0.0417. The van der Waals surface area contributed by atoms with Gasteiger partial charge in [0.1, 0.15) is 0 Å². The molecule has 106 valence electrons. The van der Waals surface area contributed by atoms with E-state index in [1.807, 2.05) is 6.92 Å². The van der Waals surface area contributed by atoms with E-state index in [0.717, 1.165) is 13.2 Å². The third-order valence-corrected chi connectivity index (χ3v) is 1.69. The largest absolute Gasteiger partial charge is 0.394 e. The second kappa shape index (κ2) is 21.1. The van der Waals surface area contributed by atoms with Crippen molar-refractivity contribution in [2.75, 3.05) is 52.9 Å². The average Bonchev–Trinajstić information content (AvgIpc) is 2.35. The number of hydrogen-bond acceptors (Lipinski definition) is 5. The maximum atomic E-state index is 8.26. The van der Waals surface area contributed by atoms with E-state index in [2.05, 4.69) is 6.92 Å². The molecule has 2 N–H and O–H groups in total. The summed E-state index contributed by atoms with van der Waals surface area (Å²) in [5.41, 5.74) is 0. The van der Waals surface area contributed by atoms with Gasteiger partial charge in [-0.25, -0.2) is 0 Å². The Kier molecular flexibility index (Phi) is 23.8. The molecule has 0 aromatic rings. The molecule has 0 atom stereocenters. The first-order chi connectivity index (χ1) is 8.33. The van der Waals surface area contributed by atoms with Crippen LogP contribution in [0.15, 0.2) is 0 Å². The van der Waals surface area contributed by atoms with Crippen molar-refractivity contribution in [2.45, 2.75) is 26.7 Å².